The molecule has 1 heterocycles. The van der Waals surface area contributed by atoms with E-state index in [1.54, 1.807) is 0 Å². The highest BCUT2D eigenvalue weighted by molar-refractivity contribution is 5.83. The molecule has 1 aromatic rings. The van der Waals surface area contributed by atoms with Crippen molar-refractivity contribution >= 4 is 17.5 Å². The highest BCUT2D eigenvalue weighted by Gasteiger charge is 2.40. The van der Waals surface area contributed by atoms with Crippen LogP contribution in [0.15, 0.2) is 18.3 Å². The monoisotopic (exact) mass is 279 g/mol. The lowest BCUT2D eigenvalue weighted by molar-refractivity contribution is -0.384. The summed E-state index contributed by atoms with van der Waals surface area (Å²) in [5, 5.41) is 23.4. The molecule has 0 saturated heterocycles. The number of nitro groups is 1. The number of pyridine rings is 1. The predicted molar refractivity (Wildman–Crippen MR) is 72.6 cm³/mol. The number of rotatable bonds is 4. The van der Waals surface area contributed by atoms with Gasteiger partial charge in [0.05, 0.1) is 4.92 Å². The van der Waals surface area contributed by atoms with Gasteiger partial charge in [-0.05, 0) is 18.9 Å². The van der Waals surface area contributed by atoms with Crippen LogP contribution in [-0.2, 0) is 4.79 Å². The zero-order chi connectivity index (χ0) is 14.6. The molecular formula is C13H17N3O4. The second-order valence-corrected chi connectivity index (χ2v) is 5.05. The molecule has 1 aliphatic rings. The molecule has 0 aliphatic heterocycles. The summed E-state index contributed by atoms with van der Waals surface area (Å²) in [4.78, 5) is 26.0. The molecule has 1 aliphatic carbocycles. The van der Waals surface area contributed by atoms with Crippen molar-refractivity contribution in [2.75, 3.05) is 5.32 Å². The third-order valence-corrected chi connectivity index (χ3v) is 3.71. The van der Waals surface area contributed by atoms with Gasteiger partial charge in [0.2, 0.25) is 5.82 Å². The maximum Gasteiger partial charge on any atom is 0.329 e. The molecule has 0 atom stereocenters. The molecule has 2 rings (SSSR count). The molecule has 1 saturated carbocycles. The van der Waals surface area contributed by atoms with E-state index in [1.807, 2.05) is 0 Å². The molecule has 108 valence electrons. The molecule has 7 heteroatoms. The van der Waals surface area contributed by atoms with Crippen LogP contribution < -0.4 is 5.32 Å². The van der Waals surface area contributed by atoms with Crippen LogP contribution in [-0.4, -0.2) is 26.5 Å². The first kappa shape index (κ1) is 14.2. The first-order valence-electron chi connectivity index (χ1n) is 6.66. The van der Waals surface area contributed by atoms with E-state index < -0.39 is 16.4 Å². The first-order valence-corrected chi connectivity index (χ1v) is 6.66. The molecule has 1 aromatic heterocycles. The average Bonchev–Trinajstić information content (AvgIpc) is 2.66. The lowest BCUT2D eigenvalue weighted by Gasteiger charge is -2.29. The van der Waals surface area contributed by atoms with Gasteiger partial charge in [0.25, 0.3) is 0 Å². The minimum absolute atomic E-state index is 0.0294. The van der Waals surface area contributed by atoms with Gasteiger partial charge in [-0.3, -0.25) is 10.1 Å². The summed E-state index contributed by atoms with van der Waals surface area (Å²) < 4.78 is 0. The van der Waals surface area contributed by atoms with Crippen LogP contribution >= 0.6 is 0 Å². The number of aromatic nitrogens is 1. The molecule has 1 fully saturated rings. The molecule has 0 radical (unpaired) electrons. The van der Waals surface area contributed by atoms with Gasteiger partial charge in [-0.2, -0.15) is 0 Å². The van der Waals surface area contributed by atoms with Crippen molar-refractivity contribution < 1.29 is 14.8 Å². The van der Waals surface area contributed by atoms with Gasteiger partial charge < -0.3 is 10.4 Å². The Bertz CT molecular complexity index is 510. The molecule has 0 unspecified atom stereocenters. The normalized spacial score (nSPS) is 18.0. The van der Waals surface area contributed by atoms with Gasteiger partial charge in [-0.25, -0.2) is 9.78 Å². The van der Waals surface area contributed by atoms with Crippen LogP contribution in [0.3, 0.4) is 0 Å². The highest BCUT2D eigenvalue weighted by Crippen LogP contribution is 2.33. The lowest BCUT2D eigenvalue weighted by Crippen LogP contribution is -2.46. The maximum atomic E-state index is 11.7. The number of carbonyl (C=O) groups is 1. The second kappa shape index (κ2) is 5.85. The van der Waals surface area contributed by atoms with E-state index in [-0.39, 0.29) is 11.5 Å². The Morgan fingerprint density at radius 2 is 2.00 bits per heavy atom. The Morgan fingerprint density at radius 1 is 1.35 bits per heavy atom. The van der Waals surface area contributed by atoms with Crippen LogP contribution in [0.5, 0.6) is 0 Å². The molecule has 0 spiro atoms. The fourth-order valence-corrected chi connectivity index (χ4v) is 2.59. The van der Waals surface area contributed by atoms with Crippen molar-refractivity contribution in [1.82, 2.24) is 4.98 Å². The smallest absolute Gasteiger partial charge is 0.329 e. The van der Waals surface area contributed by atoms with Gasteiger partial charge in [-0.1, -0.05) is 25.7 Å². The minimum Gasteiger partial charge on any atom is -0.480 e. The third kappa shape index (κ3) is 2.87. The fraction of sp³-hybridized carbons (Fsp3) is 0.538. The Balaban J connectivity index is 2.33. The fourth-order valence-electron chi connectivity index (χ4n) is 2.59. The van der Waals surface area contributed by atoms with E-state index >= 15 is 0 Å². The molecule has 7 nitrogen and oxygen atoms in total. The Kier molecular flexibility index (Phi) is 4.16. The third-order valence-electron chi connectivity index (χ3n) is 3.71. The van der Waals surface area contributed by atoms with Gasteiger partial charge in [-0.15, -0.1) is 0 Å². The van der Waals surface area contributed by atoms with Crippen molar-refractivity contribution in [2.45, 2.75) is 44.1 Å². The van der Waals surface area contributed by atoms with Crippen LogP contribution in [0, 0.1) is 10.1 Å². The molecule has 0 bridgehead atoms. The van der Waals surface area contributed by atoms with E-state index in [9.17, 15) is 20.0 Å². The van der Waals surface area contributed by atoms with E-state index in [2.05, 4.69) is 10.3 Å². The van der Waals surface area contributed by atoms with Crippen molar-refractivity contribution in [3.8, 4) is 0 Å². The molecular weight excluding hydrogens is 262 g/mol. The minimum atomic E-state index is -1.16. The molecule has 20 heavy (non-hydrogen) atoms. The number of carboxylic acids is 1. The zero-order valence-corrected chi connectivity index (χ0v) is 11.0. The number of hydrogen-bond donors (Lipinski definition) is 2. The van der Waals surface area contributed by atoms with Crippen molar-refractivity contribution in [1.29, 1.82) is 0 Å². The quantitative estimate of drug-likeness (QED) is 0.498. The van der Waals surface area contributed by atoms with Crippen LogP contribution in [0.2, 0.25) is 0 Å². The second-order valence-electron chi connectivity index (χ2n) is 5.05. The number of nitrogens with zero attached hydrogens (tertiary/aromatic N) is 2. The van der Waals surface area contributed by atoms with Crippen molar-refractivity contribution in [2.24, 2.45) is 0 Å². The largest absolute Gasteiger partial charge is 0.480 e. The van der Waals surface area contributed by atoms with Gasteiger partial charge in [0.1, 0.15) is 5.54 Å². The summed E-state index contributed by atoms with van der Waals surface area (Å²) in [5.41, 5.74) is -1.35. The zero-order valence-electron chi connectivity index (χ0n) is 11.0. The summed E-state index contributed by atoms with van der Waals surface area (Å²) in [6.07, 6.45) is 5.88. The maximum absolute atomic E-state index is 11.7. The van der Waals surface area contributed by atoms with Crippen LogP contribution in [0.4, 0.5) is 11.5 Å². The average molecular weight is 279 g/mol. The topological polar surface area (TPSA) is 105 Å². The van der Waals surface area contributed by atoms with E-state index in [0.29, 0.717) is 12.8 Å². The first-order chi connectivity index (χ1) is 9.55. The Morgan fingerprint density at radius 3 is 2.55 bits per heavy atom. The number of anilines is 1. The number of aliphatic carboxylic acids is 1. The summed E-state index contributed by atoms with van der Waals surface area (Å²) in [6, 6.07) is 2.78. The van der Waals surface area contributed by atoms with E-state index in [0.717, 1.165) is 25.7 Å². The van der Waals surface area contributed by atoms with Gasteiger partial charge >= 0.3 is 11.7 Å². The Labute approximate surface area is 116 Å². The van der Waals surface area contributed by atoms with E-state index in [1.165, 1.54) is 18.3 Å². The standard InChI is InChI=1S/C13H17N3O4/c17-12(18)13(7-3-1-2-4-8-13)15-11-10(16(19)20)6-5-9-14-11/h5-6,9H,1-4,7-8H2,(H,14,15)(H,17,18). The Hall–Kier alpha value is -2.18. The van der Waals surface area contributed by atoms with Crippen molar-refractivity contribution in [3.05, 3.63) is 28.4 Å². The highest BCUT2D eigenvalue weighted by atomic mass is 16.6. The number of nitrogens with one attached hydrogen (secondary N) is 1. The molecule has 0 amide bonds. The number of carboxylic acid groups (broad SMARTS) is 1. The summed E-state index contributed by atoms with van der Waals surface area (Å²) >= 11 is 0. The molecule has 2 N–H and O–H groups in total. The van der Waals surface area contributed by atoms with Gasteiger partial charge in [0.15, 0.2) is 0 Å². The van der Waals surface area contributed by atoms with Crippen LogP contribution in [0.1, 0.15) is 38.5 Å². The summed E-state index contributed by atoms with van der Waals surface area (Å²) in [6.45, 7) is 0. The summed E-state index contributed by atoms with van der Waals surface area (Å²) in [5.74, 6) is -0.943. The number of hydrogen-bond acceptors (Lipinski definition) is 5. The molecule has 0 aromatic carbocycles. The van der Waals surface area contributed by atoms with Gasteiger partial charge in [0, 0.05) is 12.3 Å². The lowest BCUT2D eigenvalue weighted by atomic mass is 9.90. The summed E-state index contributed by atoms with van der Waals surface area (Å²) in [7, 11) is 0. The van der Waals surface area contributed by atoms with Crippen molar-refractivity contribution in [3.63, 3.8) is 0 Å². The SMILES string of the molecule is O=C(O)C1(Nc2ncccc2[N+](=O)[O-])CCCCCC1. The predicted octanol–water partition coefficient (Wildman–Crippen LogP) is 2.58. The van der Waals surface area contributed by atoms with E-state index in [4.69, 9.17) is 0 Å². The van der Waals surface area contributed by atoms with Crippen LogP contribution in [0.25, 0.3) is 0 Å².